The van der Waals surface area contributed by atoms with Gasteiger partial charge >= 0.3 is 0 Å². The molecular formula is C24H27N5O4S. The molecule has 1 amide bonds. The fourth-order valence-corrected chi connectivity index (χ4v) is 4.49. The minimum Gasteiger partial charge on any atom is -0.497 e. The normalized spacial score (nSPS) is 10.9. The molecular weight excluding hydrogens is 454 g/mol. The van der Waals surface area contributed by atoms with Crippen LogP contribution in [0.5, 0.6) is 17.2 Å². The van der Waals surface area contributed by atoms with Crippen LogP contribution < -0.4 is 24.4 Å². The predicted octanol–water partition coefficient (Wildman–Crippen LogP) is 3.57. The van der Waals surface area contributed by atoms with Crippen molar-refractivity contribution in [3.8, 4) is 22.9 Å². The van der Waals surface area contributed by atoms with Gasteiger partial charge in [0.2, 0.25) is 5.91 Å². The summed E-state index contributed by atoms with van der Waals surface area (Å²) in [6.45, 7) is 2.45. The number of nitrogens with one attached hydrogen (secondary N) is 1. The van der Waals surface area contributed by atoms with Crippen molar-refractivity contribution in [2.24, 2.45) is 0 Å². The Morgan fingerprint density at radius 3 is 2.44 bits per heavy atom. The molecule has 0 saturated heterocycles. The topological polar surface area (TPSA) is 90.7 Å². The van der Waals surface area contributed by atoms with E-state index in [9.17, 15) is 4.79 Å². The number of likely N-dealkylation sites (N-methyl/N-ethyl adjacent to an activating group) is 1. The molecule has 0 atom stereocenters. The molecule has 1 N–H and O–H groups in total. The molecule has 0 aliphatic rings. The van der Waals surface area contributed by atoms with Crippen LogP contribution >= 0.6 is 11.3 Å². The van der Waals surface area contributed by atoms with Gasteiger partial charge in [-0.1, -0.05) is 11.3 Å². The first-order chi connectivity index (χ1) is 16.4. The highest BCUT2D eigenvalue weighted by Gasteiger charge is 2.18. The first-order valence-corrected chi connectivity index (χ1v) is 11.4. The minimum absolute atomic E-state index is 0.125. The van der Waals surface area contributed by atoms with E-state index in [0.29, 0.717) is 18.0 Å². The fourth-order valence-electron chi connectivity index (χ4n) is 3.54. The number of hydrogen-bond donors (Lipinski definition) is 1. The van der Waals surface area contributed by atoms with E-state index < -0.39 is 0 Å². The Morgan fingerprint density at radius 2 is 1.76 bits per heavy atom. The Hall–Kier alpha value is -3.79. The Morgan fingerprint density at radius 1 is 1.06 bits per heavy atom. The maximum absolute atomic E-state index is 12.6. The third-order valence-electron chi connectivity index (χ3n) is 5.37. The van der Waals surface area contributed by atoms with Crippen LogP contribution in [0.3, 0.4) is 0 Å². The van der Waals surface area contributed by atoms with E-state index in [1.807, 2.05) is 66.0 Å². The molecule has 2 aromatic carbocycles. The molecule has 10 heteroatoms. The zero-order chi connectivity index (χ0) is 24.2. The van der Waals surface area contributed by atoms with Gasteiger partial charge in [0.05, 0.1) is 44.0 Å². The lowest BCUT2D eigenvalue weighted by atomic mass is 10.2. The molecule has 2 heterocycles. The maximum Gasteiger partial charge on any atom is 0.239 e. The summed E-state index contributed by atoms with van der Waals surface area (Å²) >= 11 is 1.51. The van der Waals surface area contributed by atoms with Crippen molar-refractivity contribution in [3.63, 3.8) is 0 Å². The number of thiazole rings is 1. The number of hydrogen-bond acceptors (Lipinski definition) is 8. The van der Waals surface area contributed by atoms with Crippen molar-refractivity contribution in [1.82, 2.24) is 20.1 Å². The zero-order valence-electron chi connectivity index (χ0n) is 19.8. The molecule has 2 aromatic heterocycles. The fraction of sp³-hybridized carbons (Fsp3) is 0.292. The maximum atomic E-state index is 12.6. The Balaban J connectivity index is 1.47. The minimum atomic E-state index is -0.125. The van der Waals surface area contributed by atoms with Crippen molar-refractivity contribution >= 4 is 32.7 Å². The van der Waals surface area contributed by atoms with Gasteiger partial charge in [-0.25, -0.2) is 4.68 Å². The summed E-state index contributed by atoms with van der Waals surface area (Å²) in [6, 6.07) is 13.1. The van der Waals surface area contributed by atoms with Crippen molar-refractivity contribution in [3.05, 3.63) is 53.7 Å². The first kappa shape index (κ1) is 23.4. The number of benzene rings is 2. The molecule has 9 nitrogen and oxygen atoms in total. The number of carbonyl (C=O) groups is 1. The van der Waals surface area contributed by atoms with Crippen LogP contribution in [0.25, 0.3) is 16.0 Å². The Kier molecular flexibility index (Phi) is 6.87. The van der Waals surface area contributed by atoms with E-state index in [2.05, 4.69) is 10.4 Å². The molecule has 0 spiro atoms. The summed E-state index contributed by atoms with van der Waals surface area (Å²) in [5.74, 6) is 2.05. The van der Waals surface area contributed by atoms with Crippen LogP contribution in [-0.2, 0) is 11.3 Å². The molecule has 4 rings (SSSR count). The van der Waals surface area contributed by atoms with Crippen molar-refractivity contribution in [1.29, 1.82) is 0 Å². The molecule has 0 fully saturated rings. The second kappa shape index (κ2) is 10.0. The van der Waals surface area contributed by atoms with E-state index in [1.54, 1.807) is 21.3 Å². The van der Waals surface area contributed by atoms with Crippen molar-refractivity contribution in [2.75, 3.05) is 39.8 Å². The molecule has 0 saturated carbocycles. The van der Waals surface area contributed by atoms with Gasteiger partial charge in [-0.3, -0.25) is 4.79 Å². The standard InChI is InChI=1S/C24H27N5O4S/c1-15-22-23(29(27-15)17-6-8-18(31-3)9-7-17)26-24(34-22)28(2)14-21(30)25-13-16-12-19(32-4)10-11-20(16)33-5/h6-12H,13-14H2,1-5H3,(H,25,30). The molecule has 178 valence electrons. The highest BCUT2D eigenvalue weighted by Crippen LogP contribution is 2.32. The number of fused-ring (bicyclic) bond motifs is 1. The lowest BCUT2D eigenvalue weighted by Crippen LogP contribution is -2.34. The summed E-state index contributed by atoms with van der Waals surface area (Å²) in [5.41, 5.74) is 3.38. The van der Waals surface area contributed by atoms with E-state index in [4.69, 9.17) is 19.2 Å². The smallest absolute Gasteiger partial charge is 0.239 e. The molecule has 0 aliphatic heterocycles. The Labute approximate surface area is 201 Å². The predicted molar refractivity (Wildman–Crippen MR) is 133 cm³/mol. The van der Waals surface area contributed by atoms with Gasteiger partial charge in [0.25, 0.3) is 0 Å². The van der Waals surface area contributed by atoms with E-state index >= 15 is 0 Å². The number of ether oxygens (including phenoxy) is 3. The number of aromatic nitrogens is 3. The van der Waals surface area contributed by atoms with Crippen LogP contribution in [-0.4, -0.2) is 55.6 Å². The van der Waals surface area contributed by atoms with Gasteiger partial charge in [-0.05, 0) is 49.4 Å². The van der Waals surface area contributed by atoms with Crippen LogP contribution in [0.15, 0.2) is 42.5 Å². The van der Waals surface area contributed by atoms with E-state index in [1.165, 1.54) is 11.3 Å². The first-order valence-electron chi connectivity index (χ1n) is 10.6. The Bertz CT molecular complexity index is 1300. The highest BCUT2D eigenvalue weighted by molar-refractivity contribution is 7.22. The van der Waals surface area contributed by atoms with Crippen molar-refractivity contribution in [2.45, 2.75) is 13.5 Å². The van der Waals surface area contributed by atoms with Gasteiger partial charge in [0.1, 0.15) is 17.2 Å². The van der Waals surface area contributed by atoms with Crippen LogP contribution in [0.2, 0.25) is 0 Å². The number of amides is 1. The average Bonchev–Trinajstić information content (AvgIpc) is 3.43. The van der Waals surface area contributed by atoms with Gasteiger partial charge in [-0.2, -0.15) is 10.1 Å². The van der Waals surface area contributed by atoms with E-state index in [-0.39, 0.29) is 12.5 Å². The number of rotatable bonds is 9. The number of aryl methyl sites for hydroxylation is 1. The molecule has 0 radical (unpaired) electrons. The molecule has 4 aromatic rings. The van der Waals surface area contributed by atoms with Gasteiger partial charge in [0, 0.05) is 19.2 Å². The quantitative estimate of drug-likeness (QED) is 0.391. The summed E-state index contributed by atoms with van der Waals surface area (Å²) in [6.07, 6.45) is 0. The van der Waals surface area contributed by atoms with Crippen LogP contribution in [0, 0.1) is 6.92 Å². The largest absolute Gasteiger partial charge is 0.497 e. The molecule has 0 aliphatic carbocycles. The van der Waals surface area contributed by atoms with E-state index in [0.717, 1.165) is 38.2 Å². The van der Waals surface area contributed by atoms with Gasteiger partial charge in [0.15, 0.2) is 10.8 Å². The second-order valence-electron chi connectivity index (χ2n) is 7.65. The summed E-state index contributed by atoms with van der Waals surface area (Å²) < 4.78 is 18.7. The number of carbonyl (C=O) groups excluding carboxylic acids is 1. The lowest BCUT2D eigenvalue weighted by molar-refractivity contribution is -0.119. The molecule has 34 heavy (non-hydrogen) atoms. The second-order valence-corrected chi connectivity index (χ2v) is 8.63. The molecule has 0 unspecified atom stereocenters. The summed E-state index contributed by atoms with van der Waals surface area (Å²) in [5, 5.41) is 8.32. The number of anilines is 1. The monoisotopic (exact) mass is 481 g/mol. The summed E-state index contributed by atoms with van der Waals surface area (Å²) in [4.78, 5) is 19.3. The third-order valence-corrected chi connectivity index (χ3v) is 6.63. The summed E-state index contributed by atoms with van der Waals surface area (Å²) in [7, 11) is 6.69. The zero-order valence-corrected chi connectivity index (χ0v) is 20.6. The highest BCUT2D eigenvalue weighted by atomic mass is 32.1. The van der Waals surface area contributed by atoms with Crippen LogP contribution in [0.4, 0.5) is 5.13 Å². The van der Waals surface area contributed by atoms with Gasteiger partial charge < -0.3 is 24.4 Å². The third kappa shape index (κ3) is 4.76. The van der Waals surface area contributed by atoms with Crippen molar-refractivity contribution < 1.29 is 19.0 Å². The SMILES string of the molecule is COc1ccc(-n2nc(C)c3sc(N(C)CC(=O)NCc4cc(OC)ccc4OC)nc32)cc1. The number of methoxy groups -OCH3 is 3. The van der Waals surface area contributed by atoms with Gasteiger partial charge in [-0.15, -0.1) is 0 Å². The number of nitrogens with zero attached hydrogens (tertiary/aromatic N) is 4. The average molecular weight is 482 g/mol. The molecule has 0 bridgehead atoms. The lowest BCUT2D eigenvalue weighted by Gasteiger charge is -2.16. The van der Waals surface area contributed by atoms with Crippen LogP contribution in [0.1, 0.15) is 11.3 Å².